The van der Waals surface area contributed by atoms with Crippen molar-refractivity contribution in [3.8, 4) is 5.69 Å². The summed E-state index contributed by atoms with van der Waals surface area (Å²) >= 11 is 0. The maximum absolute atomic E-state index is 13.2. The van der Waals surface area contributed by atoms with Gasteiger partial charge in [0.2, 0.25) is 0 Å². The number of ether oxygens (including phenoxy) is 1. The number of methoxy groups -OCH3 is 1. The Labute approximate surface area is 206 Å². The van der Waals surface area contributed by atoms with Crippen molar-refractivity contribution in [3.05, 3.63) is 88.4 Å². The second-order valence-electron chi connectivity index (χ2n) is 9.14. The molecule has 5 rings (SSSR count). The quantitative estimate of drug-likeness (QED) is 0.414. The summed E-state index contributed by atoms with van der Waals surface area (Å²) in [5.41, 5.74) is 1.16. The van der Waals surface area contributed by atoms with Gasteiger partial charge in [-0.25, -0.2) is 18.9 Å². The first kappa shape index (κ1) is 23.8. The van der Waals surface area contributed by atoms with Crippen molar-refractivity contribution in [1.82, 2.24) is 24.2 Å². The Hall–Kier alpha value is -3.89. The third kappa shape index (κ3) is 4.77. The molecule has 1 N–H and O–H groups in total. The third-order valence-electron chi connectivity index (χ3n) is 6.66. The minimum Gasteiger partial charge on any atom is -0.465 e. The molecule has 1 fully saturated rings. The fourth-order valence-corrected chi connectivity index (χ4v) is 4.56. The van der Waals surface area contributed by atoms with Crippen LogP contribution in [0.5, 0.6) is 0 Å². The molecule has 1 aliphatic rings. The molecule has 0 atom stereocenters. The van der Waals surface area contributed by atoms with Crippen LogP contribution < -0.4 is 5.56 Å². The highest BCUT2D eigenvalue weighted by atomic mass is 19.1. The molecule has 3 heterocycles. The van der Waals surface area contributed by atoms with Crippen LogP contribution in [0.1, 0.15) is 28.8 Å². The average Bonchev–Trinajstić information content (AvgIpc) is 3.33. The number of rotatable bonds is 6. The van der Waals surface area contributed by atoms with Gasteiger partial charge in [0, 0.05) is 19.6 Å². The Kier molecular flexibility index (Phi) is 6.38. The predicted molar refractivity (Wildman–Crippen MR) is 130 cm³/mol. The van der Waals surface area contributed by atoms with Crippen molar-refractivity contribution in [2.75, 3.05) is 20.2 Å². The van der Waals surface area contributed by atoms with E-state index in [4.69, 9.17) is 4.74 Å². The van der Waals surface area contributed by atoms with Gasteiger partial charge in [-0.3, -0.25) is 14.3 Å². The van der Waals surface area contributed by atoms with Crippen molar-refractivity contribution in [3.63, 3.8) is 0 Å². The average molecular weight is 492 g/mol. The molecule has 9 nitrogen and oxygen atoms in total. The SMILES string of the molecule is COC(=O)c1ccc(-n2ncc3c(=O)n(CC4(O)CCN(Cc5ccc(F)cc5)CC4)cnc32)cc1. The van der Waals surface area contributed by atoms with Gasteiger partial charge in [-0.05, 0) is 54.8 Å². The number of carbonyl (C=O) groups is 1. The first-order valence-corrected chi connectivity index (χ1v) is 11.7. The molecule has 10 heteroatoms. The topological polar surface area (TPSA) is 102 Å². The molecule has 2 aromatic heterocycles. The van der Waals surface area contributed by atoms with Crippen LogP contribution in [0.2, 0.25) is 0 Å². The van der Waals surface area contributed by atoms with Gasteiger partial charge in [0.05, 0.1) is 36.7 Å². The molecular weight excluding hydrogens is 465 g/mol. The Morgan fingerprint density at radius 1 is 1.11 bits per heavy atom. The minimum atomic E-state index is -1.03. The van der Waals surface area contributed by atoms with E-state index < -0.39 is 11.6 Å². The van der Waals surface area contributed by atoms with Crippen molar-refractivity contribution in [1.29, 1.82) is 0 Å². The van der Waals surface area contributed by atoms with Crippen LogP contribution >= 0.6 is 0 Å². The summed E-state index contributed by atoms with van der Waals surface area (Å²) in [6.07, 6.45) is 3.91. The van der Waals surface area contributed by atoms with E-state index in [0.29, 0.717) is 54.8 Å². The van der Waals surface area contributed by atoms with Gasteiger partial charge in [-0.1, -0.05) is 12.1 Å². The van der Waals surface area contributed by atoms with Crippen molar-refractivity contribution >= 4 is 17.0 Å². The standard InChI is InChI=1S/C26H26FN5O4/c1-36-25(34)19-4-8-21(9-5-19)32-23-22(14-29-32)24(33)31(17-28-23)16-26(35)10-12-30(13-11-26)15-18-2-6-20(27)7-3-18/h2-9,14,17,35H,10-13,15-16H2,1H3. The molecule has 0 radical (unpaired) electrons. The summed E-state index contributed by atoms with van der Waals surface area (Å²) in [5, 5.41) is 15.8. The Balaban J connectivity index is 1.29. The van der Waals surface area contributed by atoms with Gasteiger partial charge in [-0.2, -0.15) is 5.10 Å². The van der Waals surface area contributed by atoms with Gasteiger partial charge >= 0.3 is 5.97 Å². The first-order chi connectivity index (χ1) is 17.3. The lowest BCUT2D eigenvalue weighted by Gasteiger charge is -2.38. The maximum atomic E-state index is 13.2. The lowest BCUT2D eigenvalue weighted by Crippen LogP contribution is -2.47. The summed E-state index contributed by atoms with van der Waals surface area (Å²) < 4.78 is 20.8. The molecule has 1 aliphatic heterocycles. The molecule has 36 heavy (non-hydrogen) atoms. The molecular formula is C26H26FN5O4. The van der Waals surface area contributed by atoms with E-state index in [-0.39, 0.29) is 17.9 Å². The molecule has 1 saturated heterocycles. The lowest BCUT2D eigenvalue weighted by molar-refractivity contribution is -0.0364. The predicted octanol–water partition coefficient (Wildman–Crippen LogP) is 2.54. The highest BCUT2D eigenvalue weighted by Gasteiger charge is 2.33. The summed E-state index contributed by atoms with van der Waals surface area (Å²) in [4.78, 5) is 31.5. The molecule has 186 valence electrons. The molecule has 2 aromatic carbocycles. The maximum Gasteiger partial charge on any atom is 0.337 e. The van der Waals surface area contributed by atoms with E-state index >= 15 is 0 Å². The molecule has 0 bridgehead atoms. The molecule has 4 aromatic rings. The fraction of sp³-hybridized carbons (Fsp3) is 0.308. The van der Waals surface area contributed by atoms with Gasteiger partial charge in [0.15, 0.2) is 5.65 Å². The van der Waals surface area contributed by atoms with Crippen LogP contribution in [0.3, 0.4) is 0 Å². The number of esters is 1. The molecule has 0 saturated carbocycles. The minimum absolute atomic E-state index is 0.137. The van der Waals surface area contributed by atoms with Crippen LogP contribution in [0, 0.1) is 5.82 Å². The monoisotopic (exact) mass is 491 g/mol. The second-order valence-corrected chi connectivity index (χ2v) is 9.14. The van der Waals surface area contributed by atoms with Crippen LogP contribution in [-0.4, -0.2) is 61.1 Å². The van der Waals surface area contributed by atoms with E-state index in [1.54, 1.807) is 36.4 Å². The van der Waals surface area contributed by atoms with Gasteiger partial charge in [-0.15, -0.1) is 0 Å². The number of carbonyl (C=O) groups excluding carboxylic acids is 1. The number of aromatic nitrogens is 4. The van der Waals surface area contributed by atoms with Crippen molar-refractivity contribution in [2.24, 2.45) is 0 Å². The summed E-state index contributed by atoms with van der Waals surface area (Å²) in [7, 11) is 1.32. The first-order valence-electron chi connectivity index (χ1n) is 11.7. The molecule has 0 spiro atoms. The van der Waals surface area contributed by atoms with Crippen LogP contribution in [0.4, 0.5) is 4.39 Å². The Bertz CT molecular complexity index is 1440. The van der Waals surface area contributed by atoms with Crippen LogP contribution in [0.15, 0.2) is 65.8 Å². The number of hydrogen-bond acceptors (Lipinski definition) is 7. The highest BCUT2D eigenvalue weighted by Crippen LogP contribution is 2.25. The molecule has 0 unspecified atom stereocenters. The lowest BCUT2D eigenvalue weighted by atomic mass is 9.91. The van der Waals surface area contributed by atoms with Gasteiger partial charge in [0.1, 0.15) is 17.5 Å². The number of benzene rings is 2. The second kappa shape index (κ2) is 9.63. The van der Waals surface area contributed by atoms with Gasteiger partial charge in [0.25, 0.3) is 5.56 Å². The molecule has 0 amide bonds. The summed E-state index contributed by atoms with van der Waals surface area (Å²) in [6.45, 7) is 2.15. The zero-order valence-corrected chi connectivity index (χ0v) is 19.8. The number of likely N-dealkylation sites (tertiary alicyclic amines) is 1. The van der Waals surface area contributed by atoms with Gasteiger partial charge < -0.3 is 9.84 Å². The fourth-order valence-electron chi connectivity index (χ4n) is 4.56. The third-order valence-corrected chi connectivity index (χ3v) is 6.66. The normalized spacial score (nSPS) is 15.8. The zero-order chi connectivity index (χ0) is 25.3. The number of piperidine rings is 1. The Morgan fingerprint density at radius 2 is 1.81 bits per heavy atom. The smallest absolute Gasteiger partial charge is 0.337 e. The van der Waals surface area contributed by atoms with E-state index in [1.807, 2.05) is 0 Å². The Morgan fingerprint density at radius 3 is 2.47 bits per heavy atom. The largest absolute Gasteiger partial charge is 0.465 e. The van der Waals surface area contributed by atoms with Crippen molar-refractivity contribution in [2.45, 2.75) is 31.5 Å². The van der Waals surface area contributed by atoms with E-state index in [0.717, 1.165) is 5.56 Å². The van der Waals surface area contributed by atoms with E-state index in [9.17, 15) is 19.1 Å². The number of fused-ring (bicyclic) bond motifs is 1. The number of nitrogens with zero attached hydrogens (tertiary/aromatic N) is 5. The van der Waals surface area contributed by atoms with E-state index in [2.05, 4.69) is 15.0 Å². The summed E-state index contributed by atoms with van der Waals surface area (Å²) in [6, 6.07) is 13.1. The zero-order valence-electron chi connectivity index (χ0n) is 19.8. The summed E-state index contributed by atoms with van der Waals surface area (Å²) in [5.74, 6) is -0.697. The van der Waals surface area contributed by atoms with Crippen LogP contribution in [-0.2, 0) is 17.8 Å². The number of hydrogen-bond donors (Lipinski definition) is 1. The van der Waals surface area contributed by atoms with E-state index in [1.165, 1.54) is 41.0 Å². The van der Waals surface area contributed by atoms with Crippen LogP contribution in [0.25, 0.3) is 16.7 Å². The van der Waals surface area contributed by atoms with Crippen molar-refractivity contribution < 1.29 is 19.0 Å². The number of aliphatic hydroxyl groups is 1. The number of halogens is 1. The highest BCUT2D eigenvalue weighted by molar-refractivity contribution is 5.89. The molecule has 0 aliphatic carbocycles.